The Morgan fingerprint density at radius 3 is 2.95 bits per heavy atom. The van der Waals surface area contributed by atoms with Gasteiger partial charge in [0.2, 0.25) is 11.0 Å². The Labute approximate surface area is 131 Å². The molecule has 21 heavy (non-hydrogen) atoms. The first-order valence-electron chi connectivity index (χ1n) is 6.62. The lowest BCUT2D eigenvalue weighted by Crippen LogP contribution is -2.26. The molecule has 6 nitrogen and oxygen atoms in total. The highest BCUT2D eigenvalue weighted by molar-refractivity contribution is 8.01. The number of hydrogen-bond donors (Lipinski definition) is 2. The zero-order valence-corrected chi connectivity index (χ0v) is 13.1. The second-order valence-electron chi connectivity index (χ2n) is 4.32. The molecule has 2 heterocycles. The van der Waals surface area contributed by atoms with Gasteiger partial charge in [-0.3, -0.25) is 9.78 Å². The van der Waals surface area contributed by atoms with E-state index in [1.807, 2.05) is 18.2 Å². The number of aromatic nitrogens is 3. The summed E-state index contributed by atoms with van der Waals surface area (Å²) in [6.07, 6.45) is 4.69. The maximum Gasteiger partial charge on any atom is 0.230 e. The quantitative estimate of drug-likeness (QED) is 0.568. The van der Waals surface area contributed by atoms with E-state index >= 15 is 0 Å². The van der Waals surface area contributed by atoms with Crippen LogP contribution in [0.3, 0.4) is 0 Å². The highest BCUT2D eigenvalue weighted by atomic mass is 32.2. The predicted octanol–water partition coefficient (Wildman–Crippen LogP) is 1.75. The van der Waals surface area contributed by atoms with E-state index in [1.165, 1.54) is 23.1 Å². The van der Waals surface area contributed by atoms with E-state index in [0.29, 0.717) is 17.4 Å². The van der Waals surface area contributed by atoms with Gasteiger partial charge in [-0.25, -0.2) is 0 Å². The number of carbonyl (C=O) groups excluding carboxylic acids is 1. The summed E-state index contributed by atoms with van der Waals surface area (Å²) in [6, 6.07) is 5.91. The Bertz CT molecular complexity index is 561. The fraction of sp³-hybridized carbons (Fsp3) is 0.385. The monoisotopic (exact) mass is 323 g/mol. The predicted molar refractivity (Wildman–Crippen MR) is 85.2 cm³/mol. The van der Waals surface area contributed by atoms with Crippen molar-refractivity contribution in [3.05, 3.63) is 30.1 Å². The molecule has 0 saturated carbocycles. The SMILES string of the molecule is Nc1nnc(SCC(=O)NCCCCc2ccccn2)s1. The third-order valence-corrected chi connectivity index (χ3v) is 4.54. The summed E-state index contributed by atoms with van der Waals surface area (Å²) >= 11 is 2.64. The average molecular weight is 323 g/mol. The van der Waals surface area contributed by atoms with Crippen LogP contribution in [0.5, 0.6) is 0 Å². The molecule has 0 aliphatic heterocycles. The largest absolute Gasteiger partial charge is 0.374 e. The molecule has 0 bridgehead atoms. The number of carbonyl (C=O) groups is 1. The van der Waals surface area contributed by atoms with E-state index in [9.17, 15) is 4.79 Å². The first-order valence-corrected chi connectivity index (χ1v) is 8.42. The van der Waals surface area contributed by atoms with Gasteiger partial charge >= 0.3 is 0 Å². The molecule has 0 radical (unpaired) electrons. The lowest BCUT2D eigenvalue weighted by Gasteiger charge is -2.04. The number of unbranched alkanes of at least 4 members (excludes halogenated alkanes) is 1. The maximum atomic E-state index is 11.6. The number of nitrogens with one attached hydrogen (secondary N) is 1. The Hall–Kier alpha value is -1.67. The number of nitrogens with two attached hydrogens (primary N) is 1. The number of anilines is 1. The number of nitrogen functional groups attached to an aromatic ring is 1. The molecule has 2 aromatic heterocycles. The van der Waals surface area contributed by atoms with Crippen molar-refractivity contribution in [1.29, 1.82) is 0 Å². The smallest absolute Gasteiger partial charge is 0.230 e. The van der Waals surface area contributed by atoms with Gasteiger partial charge in [-0.2, -0.15) is 0 Å². The van der Waals surface area contributed by atoms with Crippen LogP contribution < -0.4 is 11.1 Å². The van der Waals surface area contributed by atoms with Gasteiger partial charge in [0.1, 0.15) is 0 Å². The second kappa shape index (κ2) is 8.58. The minimum Gasteiger partial charge on any atom is -0.374 e. The van der Waals surface area contributed by atoms with E-state index in [1.54, 1.807) is 6.20 Å². The van der Waals surface area contributed by atoms with Crippen LogP contribution in [0, 0.1) is 0 Å². The summed E-state index contributed by atoms with van der Waals surface area (Å²) in [5, 5.41) is 10.9. The third-order valence-electron chi connectivity index (χ3n) is 2.66. The van der Waals surface area contributed by atoms with Gasteiger partial charge in [0.05, 0.1) is 5.75 Å². The van der Waals surface area contributed by atoms with E-state index in [2.05, 4.69) is 20.5 Å². The minimum absolute atomic E-state index is 0.00612. The van der Waals surface area contributed by atoms with Crippen molar-refractivity contribution >= 4 is 34.1 Å². The zero-order valence-electron chi connectivity index (χ0n) is 11.5. The first kappa shape index (κ1) is 15.7. The Morgan fingerprint density at radius 2 is 2.24 bits per heavy atom. The van der Waals surface area contributed by atoms with Crippen LogP contribution >= 0.6 is 23.1 Å². The molecule has 0 aliphatic rings. The van der Waals surface area contributed by atoms with Gasteiger partial charge in [0, 0.05) is 18.4 Å². The van der Waals surface area contributed by atoms with Crippen molar-refractivity contribution < 1.29 is 4.79 Å². The lowest BCUT2D eigenvalue weighted by molar-refractivity contribution is -0.118. The molecule has 0 atom stereocenters. The van der Waals surface area contributed by atoms with Crippen LogP contribution in [0.2, 0.25) is 0 Å². The van der Waals surface area contributed by atoms with Crippen molar-refractivity contribution in [2.75, 3.05) is 18.0 Å². The number of amides is 1. The standard InChI is InChI=1S/C13H17N5OS2/c14-12-17-18-13(21-12)20-9-11(19)16-8-4-2-6-10-5-1-3-7-15-10/h1,3,5,7H,2,4,6,8-9H2,(H2,14,17)(H,16,19). The van der Waals surface area contributed by atoms with Crippen LogP contribution in [0.15, 0.2) is 28.7 Å². The molecule has 0 fully saturated rings. The molecule has 8 heteroatoms. The summed E-state index contributed by atoms with van der Waals surface area (Å²) < 4.78 is 0.720. The fourth-order valence-corrected chi connectivity index (χ4v) is 3.13. The van der Waals surface area contributed by atoms with Crippen molar-refractivity contribution in [3.63, 3.8) is 0 Å². The molecule has 0 aromatic carbocycles. The average Bonchev–Trinajstić information content (AvgIpc) is 2.91. The lowest BCUT2D eigenvalue weighted by atomic mass is 10.2. The topological polar surface area (TPSA) is 93.8 Å². The molecule has 0 spiro atoms. The fourth-order valence-electron chi connectivity index (χ4n) is 1.66. The number of hydrogen-bond acceptors (Lipinski definition) is 7. The molecule has 0 unspecified atom stereocenters. The van der Waals surface area contributed by atoms with Gasteiger partial charge in [0.15, 0.2) is 4.34 Å². The number of aryl methyl sites for hydroxylation is 1. The molecule has 112 valence electrons. The third kappa shape index (κ3) is 6.09. The Kier molecular flexibility index (Phi) is 6.42. The van der Waals surface area contributed by atoms with Gasteiger partial charge in [-0.1, -0.05) is 29.2 Å². The zero-order chi connectivity index (χ0) is 14.9. The number of rotatable bonds is 8. The van der Waals surface area contributed by atoms with Crippen molar-refractivity contribution in [2.24, 2.45) is 0 Å². The molecule has 2 aromatic rings. The summed E-state index contributed by atoms with van der Waals surface area (Å²) in [7, 11) is 0. The summed E-state index contributed by atoms with van der Waals surface area (Å²) in [5.74, 6) is 0.348. The Morgan fingerprint density at radius 1 is 1.33 bits per heavy atom. The van der Waals surface area contributed by atoms with E-state index in [0.717, 1.165) is 29.3 Å². The van der Waals surface area contributed by atoms with Crippen LogP contribution in [-0.4, -0.2) is 33.4 Å². The normalized spacial score (nSPS) is 10.5. The Balaban J connectivity index is 1.53. The maximum absolute atomic E-state index is 11.6. The highest BCUT2D eigenvalue weighted by Crippen LogP contribution is 2.22. The van der Waals surface area contributed by atoms with E-state index in [4.69, 9.17) is 5.73 Å². The summed E-state index contributed by atoms with van der Waals surface area (Å²) in [4.78, 5) is 15.9. The molecular formula is C13H17N5OS2. The van der Waals surface area contributed by atoms with Gasteiger partial charge < -0.3 is 11.1 Å². The number of nitrogens with zero attached hydrogens (tertiary/aromatic N) is 3. The van der Waals surface area contributed by atoms with Crippen molar-refractivity contribution in [2.45, 2.75) is 23.6 Å². The summed E-state index contributed by atoms with van der Waals surface area (Å²) in [5.41, 5.74) is 6.56. The summed E-state index contributed by atoms with van der Waals surface area (Å²) in [6.45, 7) is 0.685. The molecule has 2 rings (SSSR count). The molecule has 3 N–H and O–H groups in total. The van der Waals surface area contributed by atoms with Crippen molar-refractivity contribution in [3.8, 4) is 0 Å². The van der Waals surface area contributed by atoms with Crippen LogP contribution in [-0.2, 0) is 11.2 Å². The van der Waals surface area contributed by atoms with E-state index < -0.39 is 0 Å². The van der Waals surface area contributed by atoms with Crippen LogP contribution in [0.1, 0.15) is 18.5 Å². The van der Waals surface area contributed by atoms with Gasteiger partial charge in [-0.15, -0.1) is 10.2 Å². The van der Waals surface area contributed by atoms with Gasteiger partial charge in [0.25, 0.3) is 0 Å². The van der Waals surface area contributed by atoms with Crippen molar-refractivity contribution in [1.82, 2.24) is 20.5 Å². The number of thioether (sulfide) groups is 1. The van der Waals surface area contributed by atoms with Crippen LogP contribution in [0.4, 0.5) is 5.13 Å². The molecule has 0 aliphatic carbocycles. The van der Waals surface area contributed by atoms with E-state index in [-0.39, 0.29) is 5.91 Å². The van der Waals surface area contributed by atoms with Gasteiger partial charge in [-0.05, 0) is 31.4 Å². The minimum atomic E-state index is 0.00612. The highest BCUT2D eigenvalue weighted by Gasteiger charge is 2.06. The molecule has 0 saturated heterocycles. The van der Waals surface area contributed by atoms with Crippen LogP contribution in [0.25, 0.3) is 0 Å². The molecule has 1 amide bonds. The second-order valence-corrected chi connectivity index (χ2v) is 6.55. The molecular weight excluding hydrogens is 306 g/mol. The number of pyridine rings is 1. The first-order chi connectivity index (χ1) is 10.2.